The van der Waals surface area contributed by atoms with E-state index in [1.54, 1.807) is 0 Å². The molecule has 17 atom stereocenters. The molecule has 97 heavy (non-hydrogen) atoms. The number of rotatable bonds is 56. The van der Waals surface area contributed by atoms with Crippen molar-refractivity contribution in [1.82, 2.24) is 5.32 Å². The summed E-state index contributed by atoms with van der Waals surface area (Å²) < 4.78 is 34.4. The van der Waals surface area contributed by atoms with E-state index in [4.69, 9.17) is 28.4 Å². The Kier molecular flexibility index (Phi) is 52.1. The molecule has 3 heterocycles. The molecule has 0 aromatic rings. The minimum atomic E-state index is -1.98. The van der Waals surface area contributed by atoms with Crippen LogP contribution in [0, 0.1) is 0 Å². The predicted octanol–water partition coefficient (Wildman–Crippen LogP) is 11.2. The van der Waals surface area contributed by atoms with Crippen molar-refractivity contribution in [3.05, 3.63) is 122 Å². The van der Waals surface area contributed by atoms with Crippen molar-refractivity contribution in [1.29, 1.82) is 0 Å². The highest BCUT2D eigenvalue weighted by Crippen LogP contribution is 2.33. The van der Waals surface area contributed by atoms with E-state index in [0.717, 1.165) is 109 Å². The monoisotopic (exact) mass is 1370 g/mol. The van der Waals surface area contributed by atoms with Gasteiger partial charge in [-0.05, 0) is 89.9 Å². The maximum atomic E-state index is 13.4. The standard InChI is InChI=1S/C78H131NO18/c1-3-5-7-9-11-13-15-17-19-21-22-23-24-25-26-27-28-29-30-31-32-33-34-35-36-37-38-40-42-44-46-48-50-52-54-56-66(84)79-61(62(83)55-53-51-49-47-45-43-41-39-20-18-16-14-12-10-8-6-4-2)60-92-76-72(90)69(87)74(64(58-81)94-76)97-78-73(91)70(88)75(65(59-82)95-78)96-77-71(89)68(86)67(85)63(57-80)93-77/h5,7,11,13,17,19,22-23,25-26,28-29,31-32,34-35,37-38,42,44,61-65,67-78,80-83,85-91H,3-4,6,8-10,12,14-16,18,20-21,24,27,30,33,36,39-41,43,45-60H2,1-2H3,(H,79,84)/b7-5-,13-11-,19-17-,23-22-,26-25-,29-28-,32-31-,35-34-,38-37-,44-42-. The second-order valence-electron chi connectivity index (χ2n) is 26.0. The minimum Gasteiger partial charge on any atom is -0.394 e. The van der Waals surface area contributed by atoms with Crippen molar-refractivity contribution in [3.8, 4) is 0 Å². The van der Waals surface area contributed by atoms with Crippen molar-refractivity contribution in [2.75, 3.05) is 26.4 Å². The molecule has 0 saturated carbocycles. The smallest absolute Gasteiger partial charge is 0.220 e. The first-order chi connectivity index (χ1) is 47.3. The van der Waals surface area contributed by atoms with Gasteiger partial charge in [-0.1, -0.05) is 257 Å². The summed E-state index contributed by atoms with van der Waals surface area (Å²) in [5, 5.41) is 121. The zero-order valence-electron chi connectivity index (χ0n) is 59.0. The average Bonchev–Trinajstić information content (AvgIpc) is 0.792. The van der Waals surface area contributed by atoms with Gasteiger partial charge in [0.05, 0.1) is 38.6 Å². The highest BCUT2D eigenvalue weighted by Gasteiger charge is 2.53. The van der Waals surface area contributed by atoms with Crippen molar-refractivity contribution in [3.63, 3.8) is 0 Å². The third-order valence-electron chi connectivity index (χ3n) is 17.8. The van der Waals surface area contributed by atoms with Gasteiger partial charge in [-0.15, -0.1) is 0 Å². The number of ether oxygens (including phenoxy) is 6. The molecule has 19 nitrogen and oxygen atoms in total. The first-order valence-corrected chi connectivity index (χ1v) is 37.3. The number of hydrogen-bond acceptors (Lipinski definition) is 18. The summed E-state index contributed by atoms with van der Waals surface area (Å²) in [6, 6.07) is -0.911. The third kappa shape index (κ3) is 38.7. The van der Waals surface area contributed by atoms with Gasteiger partial charge in [-0.25, -0.2) is 0 Å². The second kappa shape index (κ2) is 57.8. The first-order valence-electron chi connectivity index (χ1n) is 37.3. The fourth-order valence-corrected chi connectivity index (χ4v) is 11.8. The molecule has 0 aliphatic carbocycles. The van der Waals surface area contributed by atoms with Crippen molar-refractivity contribution in [2.45, 2.75) is 336 Å². The molecule has 3 fully saturated rings. The van der Waals surface area contributed by atoms with E-state index >= 15 is 0 Å². The molecule has 17 unspecified atom stereocenters. The molecule has 3 saturated heterocycles. The van der Waals surface area contributed by atoms with Crippen molar-refractivity contribution >= 4 is 5.91 Å². The first kappa shape index (κ1) is 87.4. The Bertz CT molecular complexity index is 2230. The van der Waals surface area contributed by atoms with Crippen LogP contribution in [0.2, 0.25) is 0 Å². The number of aliphatic hydroxyl groups excluding tert-OH is 11. The van der Waals surface area contributed by atoms with Gasteiger partial charge < -0.3 is 89.9 Å². The van der Waals surface area contributed by atoms with E-state index in [0.29, 0.717) is 19.3 Å². The van der Waals surface area contributed by atoms with Gasteiger partial charge in [0.25, 0.3) is 0 Å². The maximum Gasteiger partial charge on any atom is 0.220 e. The van der Waals surface area contributed by atoms with E-state index in [1.807, 2.05) is 0 Å². The average molecular weight is 1370 g/mol. The number of nitrogens with one attached hydrogen (secondary N) is 1. The van der Waals surface area contributed by atoms with Crippen LogP contribution in [0.1, 0.15) is 232 Å². The molecule has 3 aliphatic rings. The lowest BCUT2D eigenvalue weighted by Crippen LogP contribution is -2.66. The predicted molar refractivity (Wildman–Crippen MR) is 383 cm³/mol. The van der Waals surface area contributed by atoms with E-state index in [9.17, 15) is 61.0 Å². The summed E-state index contributed by atoms with van der Waals surface area (Å²) in [5.41, 5.74) is 0. The Morgan fingerprint density at radius 3 is 1.11 bits per heavy atom. The lowest BCUT2D eigenvalue weighted by atomic mass is 9.96. The molecule has 556 valence electrons. The number of carbonyl (C=O) groups is 1. The number of amides is 1. The summed E-state index contributed by atoms with van der Waals surface area (Å²) in [4.78, 5) is 13.4. The minimum absolute atomic E-state index is 0.229. The number of aliphatic hydroxyl groups is 11. The lowest BCUT2D eigenvalue weighted by molar-refractivity contribution is -0.379. The molecule has 0 bridgehead atoms. The molecule has 3 rings (SSSR count). The van der Waals surface area contributed by atoms with Crippen LogP contribution in [0.25, 0.3) is 0 Å². The second-order valence-corrected chi connectivity index (χ2v) is 26.0. The Morgan fingerprint density at radius 1 is 0.381 bits per heavy atom. The number of allylic oxidation sites excluding steroid dienone is 20. The summed E-state index contributed by atoms with van der Waals surface area (Å²) in [5.74, 6) is -0.271. The fourth-order valence-electron chi connectivity index (χ4n) is 11.8. The van der Waals surface area contributed by atoms with E-state index in [2.05, 4.69) is 141 Å². The normalized spacial score (nSPS) is 27.6. The van der Waals surface area contributed by atoms with Crippen molar-refractivity contribution < 1.29 is 89.4 Å². The zero-order chi connectivity index (χ0) is 70.4. The molecule has 0 spiro atoms. The molecular formula is C78H131NO18. The summed E-state index contributed by atoms with van der Waals surface area (Å²) in [7, 11) is 0. The van der Waals surface area contributed by atoms with Crippen LogP contribution in [0.3, 0.4) is 0 Å². The summed E-state index contributed by atoms with van der Waals surface area (Å²) in [6.45, 7) is 1.66. The van der Waals surface area contributed by atoms with Gasteiger partial charge in [0.15, 0.2) is 18.9 Å². The Labute approximate surface area is 582 Å². The van der Waals surface area contributed by atoms with Gasteiger partial charge >= 0.3 is 0 Å². The van der Waals surface area contributed by atoms with Crippen LogP contribution >= 0.6 is 0 Å². The molecular weight excluding hydrogens is 1240 g/mol. The molecule has 1 amide bonds. The fraction of sp³-hybridized carbons (Fsp3) is 0.731. The van der Waals surface area contributed by atoms with Crippen LogP contribution in [-0.4, -0.2) is 193 Å². The van der Waals surface area contributed by atoms with Gasteiger partial charge in [0.1, 0.15) is 73.2 Å². The number of carbonyl (C=O) groups excluding carboxylic acids is 1. The third-order valence-corrected chi connectivity index (χ3v) is 17.8. The van der Waals surface area contributed by atoms with Crippen LogP contribution in [-0.2, 0) is 33.2 Å². The quantitative estimate of drug-likeness (QED) is 0.0199. The number of unbranched alkanes of at least 4 members (excludes halogenated alkanes) is 20. The van der Waals surface area contributed by atoms with Crippen LogP contribution in [0.5, 0.6) is 0 Å². The SMILES string of the molecule is CC/C=C\C/C=C\C/C=C\C/C=C\C/C=C\C/C=C\C/C=C\C/C=C\C/C=C\C/C=C\CCCCCCC(=O)NC(COC1OC(CO)C(OC2OC(CO)C(OC3OC(CO)C(O)C(O)C3O)C(O)C2O)C(O)C1O)C(O)CCCCCCCCCCCCCCCCCCC. The van der Waals surface area contributed by atoms with Gasteiger partial charge in [0.2, 0.25) is 5.91 Å². The topological polar surface area (TPSA) is 307 Å². The highest BCUT2D eigenvalue weighted by atomic mass is 16.8. The van der Waals surface area contributed by atoms with E-state index < -0.39 is 124 Å². The van der Waals surface area contributed by atoms with Gasteiger partial charge in [0, 0.05) is 6.42 Å². The molecule has 0 radical (unpaired) electrons. The Morgan fingerprint density at radius 2 is 0.711 bits per heavy atom. The van der Waals surface area contributed by atoms with Crippen LogP contribution in [0.4, 0.5) is 0 Å². The zero-order valence-corrected chi connectivity index (χ0v) is 59.0. The molecule has 12 N–H and O–H groups in total. The maximum absolute atomic E-state index is 13.4. The Hall–Kier alpha value is -3.81. The Balaban J connectivity index is 1.39. The summed E-state index contributed by atoms with van der Waals surface area (Å²) in [6.07, 6.45) is 52.7. The highest BCUT2D eigenvalue weighted by molar-refractivity contribution is 5.76. The lowest BCUT2D eigenvalue weighted by Gasteiger charge is -2.48. The van der Waals surface area contributed by atoms with Crippen LogP contribution < -0.4 is 5.32 Å². The molecule has 0 aromatic carbocycles. The summed E-state index contributed by atoms with van der Waals surface area (Å²) >= 11 is 0. The molecule has 3 aliphatic heterocycles. The van der Waals surface area contributed by atoms with Gasteiger partial charge in [-0.2, -0.15) is 0 Å². The van der Waals surface area contributed by atoms with Crippen molar-refractivity contribution in [2.24, 2.45) is 0 Å². The number of hydrogen-bond donors (Lipinski definition) is 12. The van der Waals surface area contributed by atoms with E-state index in [1.165, 1.54) is 83.5 Å². The molecule has 19 heteroatoms. The molecule has 0 aromatic heterocycles. The van der Waals surface area contributed by atoms with E-state index in [-0.39, 0.29) is 18.9 Å². The van der Waals surface area contributed by atoms with Crippen LogP contribution in [0.15, 0.2) is 122 Å². The van der Waals surface area contributed by atoms with Gasteiger partial charge in [-0.3, -0.25) is 4.79 Å². The largest absolute Gasteiger partial charge is 0.394 e.